The van der Waals surface area contributed by atoms with E-state index in [1.807, 2.05) is 18.2 Å². The molecule has 2 aliphatic rings. The number of pyridine rings is 1. The minimum absolute atomic E-state index is 0.360. The fourth-order valence-corrected chi connectivity index (χ4v) is 3.65. The Morgan fingerprint density at radius 3 is 2.94 bits per heavy atom. The van der Waals surface area contributed by atoms with Crippen LogP contribution < -0.4 is 11.1 Å². The van der Waals surface area contributed by atoms with Gasteiger partial charge in [0.1, 0.15) is 10.8 Å². The van der Waals surface area contributed by atoms with E-state index in [0.717, 1.165) is 30.1 Å². The number of rotatable bonds is 4. The van der Waals surface area contributed by atoms with Crippen molar-refractivity contribution >= 4 is 23.0 Å². The van der Waals surface area contributed by atoms with Crippen LogP contribution in [-0.2, 0) is 0 Å². The number of nitrogens with zero attached hydrogens (tertiary/aromatic N) is 1. The number of aromatic nitrogens is 1. The summed E-state index contributed by atoms with van der Waals surface area (Å²) in [6, 6.07) is 5.78. The van der Waals surface area contributed by atoms with Crippen LogP contribution >= 0.6 is 12.2 Å². The first-order valence-corrected chi connectivity index (χ1v) is 7.14. The van der Waals surface area contributed by atoms with Gasteiger partial charge >= 0.3 is 0 Å². The van der Waals surface area contributed by atoms with Crippen molar-refractivity contribution in [2.75, 3.05) is 11.9 Å². The van der Waals surface area contributed by atoms with Crippen LogP contribution in [0.2, 0.25) is 0 Å². The monoisotopic (exact) mass is 261 g/mol. The van der Waals surface area contributed by atoms with E-state index in [9.17, 15) is 0 Å². The maximum Gasteiger partial charge on any atom is 0.126 e. The average molecular weight is 261 g/mol. The molecule has 3 rings (SSSR count). The highest BCUT2D eigenvalue weighted by molar-refractivity contribution is 7.80. The van der Waals surface area contributed by atoms with E-state index in [1.165, 1.54) is 25.7 Å². The summed E-state index contributed by atoms with van der Waals surface area (Å²) in [4.78, 5) is 4.78. The Labute approximate surface area is 113 Å². The van der Waals surface area contributed by atoms with Gasteiger partial charge in [-0.25, -0.2) is 4.98 Å². The summed E-state index contributed by atoms with van der Waals surface area (Å²) < 4.78 is 0. The summed E-state index contributed by atoms with van der Waals surface area (Å²) in [5, 5.41) is 3.44. The zero-order valence-corrected chi connectivity index (χ0v) is 11.2. The molecule has 1 aromatic rings. The molecular weight excluding hydrogens is 242 g/mol. The van der Waals surface area contributed by atoms with Crippen LogP contribution in [0.4, 0.5) is 5.82 Å². The lowest BCUT2D eigenvalue weighted by Crippen LogP contribution is -2.21. The molecule has 0 spiro atoms. The number of nitrogens with two attached hydrogens (primary N) is 1. The number of hydrogen-bond acceptors (Lipinski definition) is 3. The van der Waals surface area contributed by atoms with Crippen LogP contribution in [-0.4, -0.2) is 16.5 Å². The minimum atomic E-state index is 0.360. The lowest BCUT2D eigenvalue weighted by molar-refractivity contribution is 0.348. The molecular formula is C14H19N3S. The van der Waals surface area contributed by atoms with Crippen LogP contribution in [0.1, 0.15) is 31.4 Å². The van der Waals surface area contributed by atoms with Crippen LogP contribution in [0.25, 0.3) is 0 Å². The molecule has 2 aliphatic carbocycles. The maximum absolute atomic E-state index is 5.59. The Morgan fingerprint density at radius 2 is 2.28 bits per heavy atom. The molecule has 2 fully saturated rings. The molecule has 0 radical (unpaired) electrons. The molecule has 1 aromatic heterocycles. The molecule has 1 heterocycles. The molecule has 0 aliphatic heterocycles. The Hall–Kier alpha value is -1.16. The largest absolute Gasteiger partial charge is 0.388 e. The first-order chi connectivity index (χ1) is 8.72. The van der Waals surface area contributed by atoms with Crippen molar-refractivity contribution in [3.63, 3.8) is 0 Å². The molecule has 4 heteroatoms. The highest BCUT2D eigenvalue weighted by Crippen LogP contribution is 2.48. The van der Waals surface area contributed by atoms with Gasteiger partial charge in [0.05, 0.1) is 5.69 Å². The predicted octanol–water partition coefficient (Wildman–Crippen LogP) is 2.56. The topological polar surface area (TPSA) is 50.9 Å². The van der Waals surface area contributed by atoms with E-state index in [1.54, 1.807) is 0 Å². The number of thiocarbonyl (C=S) groups is 1. The summed E-state index contributed by atoms with van der Waals surface area (Å²) in [5.41, 5.74) is 6.29. The fraction of sp³-hybridized carbons (Fsp3) is 0.571. The van der Waals surface area contributed by atoms with Gasteiger partial charge in [0.25, 0.3) is 0 Å². The first kappa shape index (κ1) is 11.9. The zero-order valence-electron chi connectivity index (χ0n) is 10.4. The highest BCUT2D eigenvalue weighted by atomic mass is 32.1. The Kier molecular flexibility index (Phi) is 3.20. The Balaban J connectivity index is 1.60. The van der Waals surface area contributed by atoms with Gasteiger partial charge in [-0.1, -0.05) is 24.7 Å². The first-order valence-electron chi connectivity index (χ1n) is 6.73. The standard InChI is InChI=1S/C14H19N3S/c15-14(18)12-2-1-3-13(17-12)16-8-11-7-9-4-5-10(11)6-9/h1-3,9-11H,4-8H2,(H2,15,18)(H,16,17). The molecule has 18 heavy (non-hydrogen) atoms. The van der Waals surface area contributed by atoms with Crippen LogP contribution in [0.5, 0.6) is 0 Å². The third-order valence-corrected chi connectivity index (χ3v) is 4.64. The van der Waals surface area contributed by atoms with Gasteiger partial charge in [-0.3, -0.25) is 0 Å². The number of nitrogens with one attached hydrogen (secondary N) is 1. The van der Waals surface area contributed by atoms with Crippen molar-refractivity contribution in [3.8, 4) is 0 Å². The molecule has 0 aromatic carbocycles. The smallest absolute Gasteiger partial charge is 0.126 e. The lowest BCUT2D eigenvalue weighted by Gasteiger charge is -2.22. The SMILES string of the molecule is NC(=S)c1cccc(NCC2CC3CCC2C3)n1. The van der Waals surface area contributed by atoms with E-state index >= 15 is 0 Å². The summed E-state index contributed by atoms with van der Waals surface area (Å²) >= 11 is 4.94. The van der Waals surface area contributed by atoms with Crippen molar-refractivity contribution in [1.29, 1.82) is 0 Å². The van der Waals surface area contributed by atoms with E-state index in [-0.39, 0.29) is 0 Å². The van der Waals surface area contributed by atoms with Crippen LogP contribution in [0.15, 0.2) is 18.2 Å². The quantitative estimate of drug-likeness (QED) is 0.818. The summed E-state index contributed by atoms with van der Waals surface area (Å²) in [7, 11) is 0. The highest BCUT2D eigenvalue weighted by Gasteiger charge is 2.39. The van der Waals surface area contributed by atoms with Crippen molar-refractivity contribution < 1.29 is 0 Å². The Bertz CT molecular complexity index is 460. The molecule has 3 nitrogen and oxygen atoms in total. The molecule has 0 amide bonds. The second-order valence-electron chi connectivity index (χ2n) is 5.59. The minimum Gasteiger partial charge on any atom is -0.388 e. The van der Waals surface area contributed by atoms with Gasteiger partial charge in [0, 0.05) is 6.54 Å². The third-order valence-electron chi connectivity index (χ3n) is 4.43. The summed E-state index contributed by atoms with van der Waals surface area (Å²) in [6.45, 7) is 1.04. The Morgan fingerprint density at radius 1 is 1.39 bits per heavy atom. The third kappa shape index (κ3) is 2.34. The van der Waals surface area contributed by atoms with Gasteiger partial charge in [-0.05, 0) is 49.1 Å². The molecule has 96 valence electrons. The van der Waals surface area contributed by atoms with Gasteiger partial charge in [0.15, 0.2) is 0 Å². The van der Waals surface area contributed by atoms with Crippen LogP contribution in [0, 0.1) is 17.8 Å². The number of anilines is 1. The average Bonchev–Trinajstić information content (AvgIpc) is 2.99. The van der Waals surface area contributed by atoms with Crippen molar-refractivity contribution in [3.05, 3.63) is 23.9 Å². The van der Waals surface area contributed by atoms with Gasteiger partial charge < -0.3 is 11.1 Å². The normalized spacial score (nSPS) is 29.4. The van der Waals surface area contributed by atoms with Crippen molar-refractivity contribution in [2.45, 2.75) is 25.7 Å². The van der Waals surface area contributed by atoms with Crippen LogP contribution in [0.3, 0.4) is 0 Å². The predicted molar refractivity (Wildman–Crippen MR) is 77.6 cm³/mol. The maximum atomic E-state index is 5.59. The second kappa shape index (κ2) is 4.84. The second-order valence-corrected chi connectivity index (χ2v) is 6.03. The van der Waals surface area contributed by atoms with Crippen molar-refractivity contribution in [2.24, 2.45) is 23.5 Å². The van der Waals surface area contributed by atoms with E-state index in [0.29, 0.717) is 10.7 Å². The zero-order chi connectivity index (χ0) is 12.5. The number of hydrogen-bond donors (Lipinski definition) is 2. The molecule has 3 unspecified atom stereocenters. The van der Waals surface area contributed by atoms with Crippen molar-refractivity contribution in [1.82, 2.24) is 4.98 Å². The molecule has 2 bridgehead atoms. The molecule has 3 atom stereocenters. The van der Waals surface area contributed by atoms with E-state index < -0.39 is 0 Å². The van der Waals surface area contributed by atoms with Gasteiger partial charge in [0.2, 0.25) is 0 Å². The van der Waals surface area contributed by atoms with Gasteiger partial charge in [-0.2, -0.15) is 0 Å². The fourth-order valence-electron chi connectivity index (χ4n) is 3.53. The molecule has 0 saturated heterocycles. The number of fused-ring (bicyclic) bond motifs is 2. The molecule has 3 N–H and O–H groups in total. The lowest BCUT2D eigenvalue weighted by atomic mass is 9.89. The summed E-state index contributed by atoms with van der Waals surface area (Å²) in [6.07, 6.45) is 5.73. The molecule has 2 saturated carbocycles. The van der Waals surface area contributed by atoms with E-state index in [2.05, 4.69) is 10.3 Å². The van der Waals surface area contributed by atoms with Gasteiger partial charge in [-0.15, -0.1) is 0 Å². The summed E-state index contributed by atoms with van der Waals surface area (Å²) in [5.74, 6) is 3.67. The van der Waals surface area contributed by atoms with E-state index in [4.69, 9.17) is 18.0 Å².